The Hall–Kier alpha value is -0.610. The van der Waals surface area contributed by atoms with Crippen LogP contribution in [0.2, 0.25) is 0 Å². The number of methoxy groups -OCH3 is 1. The first-order valence-corrected chi connectivity index (χ1v) is 5.38. The second-order valence-corrected chi connectivity index (χ2v) is 4.85. The summed E-state index contributed by atoms with van der Waals surface area (Å²) in [6.45, 7) is 9.43. The Morgan fingerprint density at radius 1 is 1.40 bits per heavy atom. The molecule has 0 rings (SSSR count). The molecule has 0 heterocycles. The average molecular weight is 216 g/mol. The van der Waals surface area contributed by atoms with Gasteiger partial charge in [-0.1, -0.05) is 0 Å². The van der Waals surface area contributed by atoms with Crippen molar-refractivity contribution in [3.8, 4) is 0 Å². The van der Waals surface area contributed by atoms with Crippen LogP contribution < -0.4 is 10.6 Å². The highest BCUT2D eigenvalue weighted by molar-refractivity contribution is 5.76. The number of nitrogens with one attached hydrogen (secondary N) is 2. The van der Waals surface area contributed by atoms with Gasteiger partial charge in [0.1, 0.15) is 0 Å². The zero-order valence-corrected chi connectivity index (χ0v) is 10.5. The van der Waals surface area contributed by atoms with Crippen LogP contribution in [-0.4, -0.2) is 37.7 Å². The summed E-state index contributed by atoms with van der Waals surface area (Å²) in [5, 5.41) is 6.13. The number of amides is 1. The van der Waals surface area contributed by atoms with Crippen LogP contribution >= 0.6 is 0 Å². The zero-order chi connectivity index (χ0) is 11.9. The normalized spacial score (nSPS) is 13.7. The van der Waals surface area contributed by atoms with Crippen molar-refractivity contribution in [2.24, 2.45) is 0 Å². The highest BCUT2D eigenvalue weighted by Crippen LogP contribution is 1.97. The summed E-state index contributed by atoms with van der Waals surface area (Å²) in [6, 6.07) is 0.0807. The Labute approximate surface area is 92.8 Å². The standard InChI is InChI=1S/C11H24N2O2/c1-9(8-15-5)13-10(14)6-7-12-11(2,3)4/h9,12H,6-8H2,1-5H3,(H,13,14). The minimum absolute atomic E-state index is 0.0660. The van der Waals surface area contributed by atoms with E-state index in [-0.39, 0.29) is 17.5 Å². The SMILES string of the molecule is COCC(C)NC(=O)CCNC(C)(C)C. The molecule has 0 aromatic rings. The molecule has 15 heavy (non-hydrogen) atoms. The maximum absolute atomic E-state index is 11.4. The van der Waals surface area contributed by atoms with Crippen LogP contribution in [0.3, 0.4) is 0 Å². The van der Waals surface area contributed by atoms with Crippen LogP contribution in [-0.2, 0) is 9.53 Å². The first-order valence-electron chi connectivity index (χ1n) is 5.38. The van der Waals surface area contributed by atoms with E-state index in [2.05, 4.69) is 31.4 Å². The van der Waals surface area contributed by atoms with E-state index in [1.807, 2.05) is 6.92 Å². The van der Waals surface area contributed by atoms with Crippen LogP contribution in [0.5, 0.6) is 0 Å². The van der Waals surface area contributed by atoms with Gasteiger partial charge < -0.3 is 15.4 Å². The molecule has 4 nitrogen and oxygen atoms in total. The largest absolute Gasteiger partial charge is 0.383 e. The van der Waals surface area contributed by atoms with E-state index in [1.165, 1.54) is 0 Å². The van der Waals surface area contributed by atoms with Gasteiger partial charge in [0.15, 0.2) is 0 Å². The highest BCUT2D eigenvalue weighted by Gasteiger charge is 2.10. The number of carbonyl (C=O) groups is 1. The van der Waals surface area contributed by atoms with Crippen molar-refractivity contribution in [2.45, 2.75) is 45.7 Å². The molecule has 0 aliphatic heterocycles. The van der Waals surface area contributed by atoms with Gasteiger partial charge in [-0.2, -0.15) is 0 Å². The molecule has 0 bridgehead atoms. The lowest BCUT2D eigenvalue weighted by molar-refractivity contribution is -0.122. The summed E-state index contributed by atoms with van der Waals surface area (Å²) >= 11 is 0. The maximum atomic E-state index is 11.4. The van der Waals surface area contributed by atoms with E-state index in [4.69, 9.17) is 4.74 Å². The lowest BCUT2D eigenvalue weighted by Gasteiger charge is -2.20. The minimum Gasteiger partial charge on any atom is -0.383 e. The van der Waals surface area contributed by atoms with Gasteiger partial charge in [-0.3, -0.25) is 4.79 Å². The first kappa shape index (κ1) is 14.4. The first-order chi connectivity index (χ1) is 6.85. The van der Waals surface area contributed by atoms with Crippen molar-refractivity contribution in [2.75, 3.05) is 20.3 Å². The van der Waals surface area contributed by atoms with E-state index >= 15 is 0 Å². The van der Waals surface area contributed by atoms with E-state index in [1.54, 1.807) is 7.11 Å². The summed E-state index contributed by atoms with van der Waals surface area (Å²) in [4.78, 5) is 11.4. The van der Waals surface area contributed by atoms with Crippen LogP contribution in [0.4, 0.5) is 0 Å². The molecule has 0 radical (unpaired) electrons. The number of hydrogen-bond donors (Lipinski definition) is 2. The molecule has 0 fully saturated rings. The molecule has 0 saturated carbocycles. The molecule has 0 aliphatic carbocycles. The Kier molecular flexibility index (Phi) is 6.52. The van der Waals surface area contributed by atoms with Gasteiger partial charge in [0, 0.05) is 31.7 Å². The van der Waals surface area contributed by atoms with Crippen molar-refractivity contribution in [1.29, 1.82) is 0 Å². The zero-order valence-electron chi connectivity index (χ0n) is 10.5. The second-order valence-electron chi connectivity index (χ2n) is 4.85. The fourth-order valence-corrected chi connectivity index (χ4v) is 1.19. The number of hydrogen-bond acceptors (Lipinski definition) is 3. The van der Waals surface area contributed by atoms with Gasteiger partial charge in [-0.25, -0.2) is 0 Å². The van der Waals surface area contributed by atoms with Gasteiger partial charge in [0.2, 0.25) is 5.91 Å². The summed E-state index contributed by atoms with van der Waals surface area (Å²) in [5.74, 6) is 0.0660. The minimum atomic E-state index is 0.0660. The fraction of sp³-hybridized carbons (Fsp3) is 0.909. The number of ether oxygens (including phenoxy) is 1. The summed E-state index contributed by atoms with van der Waals surface area (Å²) in [5.41, 5.74) is 0.0679. The summed E-state index contributed by atoms with van der Waals surface area (Å²) < 4.78 is 4.93. The molecule has 0 aromatic carbocycles. The fourth-order valence-electron chi connectivity index (χ4n) is 1.19. The predicted octanol–water partition coefficient (Wildman–Crippen LogP) is 0.916. The number of carbonyl (C=O) groups excluding carboxylic acids is 1. The highest BCUT2D eigenvalue weighted by atomic mass is 16.5. The molecule has 0 spiro atoms. The van der Waals surface area contributed by atoms with Crippen LogP contribution in [0.15, 0.2) is 0 Å². The van der Waals surface area contributed by atoms with Crippen molar-refractivity contribution in [1.82, 2.24) is 10.6 Å². The van der Waals surface area contributed by atoms with E-state index in [0.29, 0.717) is 19.6 Å². The lowest BCUT2D eigenvalue weighted by Crippen LogP contribution is -2.40. The Morgan fingerprint density at radius 3 is 2.47 bits per heavy atom. The van der Waals surface area contributed by atoms with Crippen LogP contribution in [0, 0.1) is 0 Å². The third-order valence-corrected chi connectivity index (χ3v) is 1.83. The van der Waals surface area contributed by atoms with Crippen molar-refractivity contribution < 1.29 is 9.53 Å². The Bertz CT molecular complexity index is 188. The summed E-state index contributed by atoms with van der Waals surface area (Å²) in [6.07, 6.45) is 0.505. The van der Waals surface area contributed by atoms with Gasteiger partial charge in [-0.05, 0) is 27.7 Å². The van der Waals surface area contributed by atoms with Crippen LogP contribution in [0.1, 0.15) is 34.1 Å². The van der Waals surface area contributed by atoms with E-state index in [9.17, 15) is 4.79 Å². The molecule has 0 aliphatic rings. The smallest absolute Gasteiger partial charge is 0.221 e. The second kappa shape index (κ2) is 6.80. The molecule has 1 amide bonds. The van der Waals surface area contributed by atoms with E-state index < -0.39 is 0 Å². The van der Waals surface area contributed by atoms with Crippen molar-refractivity contribution in [3.05, 3.63) is 0 Å². The van der Waals surface area contributed by atoms with E-state index in [0.717, 1.165) is 0 Å². The van der Waals surface area contributed by atoms with Gasteiger partial charge in [-0.15, -0.1) is 0 Å². The predicted molar refractivity (Wildman–Crippen MR) is 61.9 cm³/mol. The average Bonchev–Trinajstić information content (AvgIpc) is 2.01. The van der Waals surface area contributed by atoms with Gasteiger partial charge >= 0.3 is 0 Å². The quantitative estimate of drug-likeness (QED) is 0.694. The molecule has 1 atom stereocenters. The van der Waals surface area contributed by atoms with Crippen molar-refractivity contribution in [3.63, 3.8) is 0 Å². The third kappa shape index (κ3) is 9.69. The lowest BCUT2D eigenvalue weighted by atomic mass is 10.1. The molecule has 0 aromatic heterocycles. The van der Waals surface area contributed by atoms with Gasteiger partial charge in [0.25, 0.3) is 0 Å². The Balaban J connectivity index is 3.58. The van der Waals surface area contributed by atoms with Gasteiger partial charge in [0.05, 0.1) is 6.61 Å². The molecular formula is C11H24N2O2. The molecule has 90 valence electrons. The molecule has 2 N–H and O–H groups in total. The van der Waals surface area contributed by atoms with Crippen molar-refractivity contribution >= 4 is 5.91 Å². The maximum Gasteiger partial charge on any atom is 0.221 e. The molecule has 4 heteroatoms. The Morgan fingerprint density at radius 2 is 2.00 bits per heavy atom. The molecule has 0 saturated heterocycles. The third-order valence-electron chi connectivity index (χ3n) is 1.83. The monoisotopic (exact) mass is 216 g/mol. The van der Waals surface area contributed by atoms with Crippen LogP contribution in [0.25, 0.3) is 0 Å². The molecule has 1 unspecified atom stereocenters. The molecular weight excluding hydrogens is 192 g/mol. The summed E-state index contributed by atoms with van der Waals surface area (Å²) in [7, 11) is 1.63. The topological polar surface area (TPSA) is 50.4 Å². The number of rotatable bonds is 6.